The minimum Gasteiger partial charge on any atom is -0.388 e. The highest BCUT2D eigenvalue weighted by Crippen LogP contribution is 2.28. The fourth-order valence-electron chi connectivity index (χ4n) is 4.94. The molecule has 0 atom stereocenters. The standard InChI is InChI=1S/C27H31N5O3/c1-2-31(22-7-4-3-5-8-22)23-12-10-21(11-13-23)25(33)29-17-14-27(35,15-18-29)19-30-20-28-32-16-6-9-24(32)26(30)34/h3-13,16,28,35H,2,14-15,17-20H2,1H3. The van der Waals surface area contributed by atoms with Crippen LogP contribution in [0.1, 0.15) is 40.6 Å². The summed E-state index contributed by atoms with van der Waals surface area (Å²) in [5, 5.41) is 11.2. The van der Waals surface area contributed by atoms with Crippen LogP contribution in [0.15, 0.2) is 72.9 Å². The molecule has 0 spiro atoms. The van der Waals surface area contributed by atoms with Crippen molar-refractivity contribution in [3.8, 4) is 0 Å². The molecular formula is C27H31N5O3. The fourth-order valence-corrected chi connectivity index (χ4v) is 4.94. The number of aromatic nitrogens is 1. The first-order valence-electron chi connectivity index (χ1n) is 12.1. The van der Waals surface area contributed by atoms with E-state index in [9.17, 15) is 14.7 Å². The van der Waals surface area contributed by atoms with E-state index in [4.69, 9.17) is 0 Å². The van der Waals surface area contributed by atoms with Gasteiger partial charge in [0.1, 0.15) is 12.4 Å². The Kier molecular flexibility index (Phi) is 6.21. The number of β-amino-alcohol motifs (C(OH)–C–C–N with tert-alkyl or cyclic N) is 1. The molecule has 2 aliphatic heterocycles. The fraction of sp³-hybridized carbons (Fsp3) is 0.333. The predicted octanol–water partition coefficient (Wildman–Crippen LogP) is 3.27. The molecule has 1 aromatic heterocycles. The third-order valence-electron chi connectivity index (χ3n) is 6.96. The molecule has 0 radical (unpaired) electrons. The Labute approximate surface area is 205 Å². The number of para-hydroxylation sites is 1. The molecule has 3 heterocycles. The highest BCUT2D eigenvalue weighted by Gasteiger charge is 2.38. The Morgan fingerprint density at radius 1 is 1.00 bits per heavy atom. The monoisotopic (exact) mass is 473 g/mol. The van der Waals surface area contributed by atoms with Gasteiger partial charge in [0.15, 0.2) is 0 Å². The number of carbonyl (C=O) groups is 2. The molecule has 0 saturated carbocycles. The summed E-state index contributed by atoms with van der Waals surface area (Å²) in [6, 6.07) is 21.5. The highest BCUT2D eigenvalue weighted by molar-refractivity contribution is 5.95. The number of hydrogen-bond donors (Lipinski definition) is 2. The SMILES string of the molecule is CCN(c1ccccc1)c1ccc(C(=O)N2CCC(O)(CN3CNn4cccc4C3=O)CC2)cc1. The van der Waals surface area contributed by atoms with E-state index in [2.05, 4.69) is 29.4 Å². The highest BCUT2D eigenvalue weighted by atomic mass is 16.3. The maximum absolute atomic E-state index is 13.1. The number of benzene rings is 2. The van der Waals surface area contributed by atoms with Gasteiger partial charge in [-0.1, -0.05) is 18.2 Å². The number of anilines is 2. The number of carbonyl (C=O) groups excluding carboxylic acids is 2. The maximum atomic E-state index is 13.1. The Bertz CT molecular complexity index is 1180. The third kappa shape index (κ3) is 4.61. The van der Waals surface area contributed by atoms with Crippen LogP contribution in [0.4, 0.5) is 11.4 Å². The van der Waals surface area contributed by atoms with Crippen LogP contribution in [0, 0.1) is 0 Å². The van der Waals surface area contributed by atoms with Crippen molar-refractivity contribution in [2.45, 2.75) is 25.4 Å². The summed E-state index contributed by atoms with van der Waals surface area (Å²) < 4.78 is 1.70. The zero-order valence-corrected chi connectivity index (χ0v) is 19.9. The van der Waals surface area contributed by atoms with Gasteiger partial charge < -0.3 is 25.2 Å². The molecule has 1 saturated heterocycles. The average Bonchev–Trinajstić information content (AvgIpc) is 3.37. The molecule has 35 heavy (non-hydrogen) atoms. The Hall–Kier alpha value is -3.78. The second-order valence-corrected chi connectivity index (χ2v) is 9.23. The van der Waals surface area contributed by atoms with Gasteiger partial charge in [-0.25, -0.2) is 0 Å². The Morgan fingerprint density at radius 2 is 1.69 bits per heavy atom. The number of nitrogens with one attached hydrogen (secondary N) is 1. The summed E-state index contributed by atoms with van der Waals surface area (Å²) in [6.07, 6.45) is 2.66. The van der Waals surface area contributed by atoms with Crippen molar-refractivity contribution in [2.24, 2.45) is 0 Å². The van der Waals surface area contributed by atoms with E-state index >= 15 is 0 Å². The van der Waals surface area contributed by atoms with Crippen molar-refractivity contribution in [3.05, 3.63) is 84.2 Å². The Balaban J connectivity index is 1.19. The zero-order valence-electron chi connectivity index (χ0n) is 19.9. The predicted molar refractivity (Wildman–Crippen MR) is 135 cm³/mol. The van der Waals surface area contributed by atoms with E-state index < -0.39 is 5.60 Å². The van der Waals surface area contributed by atoms with Crippen LogP contribution in [-0.2, 0) is 0 Å². The molecule has 2 amide bonds. The molecule has 8 nitrogen and oxygen atoms in total. The van der Waals surface area contributed by atoms with Crippen LogP contribution in [0.5, 0.6) is 0 Å². The molecule has 0 aliphatic carbocycles. The smallest absolute Gasteiger partial charge is 0.273 e. The van der Waals surface area contributed by atoms with E-state index in [-0.39, 0.29) is 18.4 Å². The number of likely N-dealkylation sites (tertiary alicyclic amines) is 1. The van der Waals surface area contributed by atoms with Gasteiger partial charge in [0, 0.05) is 42.8 Å². The molecule has 1 fully saturated rings. The number of hydrogen-bond acceptors (Lipinski definition) is 5. The van der Waals surface area contributed by atoms with Crippen LogP contribution in [-0.4, -0.2) is 69.8 Å². The number of amides is 2. The lowest BCUT2D eigenvalue weighted by molar-refractivity contribution is -0.0369. The quantitative estimate of drug-likeness (QED) is 0.574. The topological polar surface area (TPSA) is 81.1 Å². The molecular weight excluding hydrogens is 442 g/mol. The zero-order chi connectivity index (χ0) is 24.4. The number of aliphatic hydroxyl groups is 1. The molecule has 5 rings (SSSR count). The van der Waals surface area contributed by atoms with Crippen molar-refractivity contribution >= 4 is 23.2 Å². The van der Waals surface area contributed by atoms with Gasteiger partial charge in [-0.3, -0.25) is 14.3 Å². The van der Waals surface area contributed by atoms with Gasteiger partial charge >= 0.3 is 0 Å². The van der Waals surface area contributed by atoms with Gasteiger partial charge in [0.2, 0.25) is 0 Å². The maximum Gasteiger partial charge on any atom is 0.273 e. The van der Waals surface area contributed by atoms with Gasteiger partial charge in [0.05, 0.1) is 12.1 Å². The molecule has 182 valence electrons. The second kappa shape index (κ2) is 9.46. The first kappa shape index (κ1) is 23.0. The van der Waals surface area contributed by atoms with Crippen LogP contribution in [0.3, 0.4) is 0 Å². The van der Waals surface area contributed by atoms with Crippen molar-refractivity contribution in [3.63, 3.8) is 0 Å². The first-order chi connectivity index (χ1) is 17.0. The Morgan fingerprint density at radius 3 is 2.37 bits per heavy atom. The first-order valence-corrected chi connectivity index (χ1v) is 12.1. The molecule has 2 aromatic carbocycles. The van der Waals surface area contributed by atoms with Crippen molar-refractivity contribution in [1.82, 2.24) is 14.5 Å². The number of rotatable bonds is 6. The minimum absolute atomic E-state index is 0.0325. The number of nitrogens with zero attached hydrogens (tertiary/aromatic N) is 4. The number of fused-ring (bicyclic) bond motifs is 1. The molecule has 3 aromatic rings. The lowest BCUT2D eigenvalue weighted by Gasteiger charge is -2.42. The minimum atomic E-state index is -1.01. The van der Waals surface area contributed by atoms with Gasteiger partial charge in [-0.05, 0) is 68.3 Å². The molecule has 0 bridgehead atoms. The lowest BCUT2D eigenvalue weighted by atomic mass is 9.90. The summed E-state index contributed by atoms with van der Waals surface area (Å²) in [4.78, 5) is 31.5. The summed E-state index contributed by atoms with van der Waals surface area (Å²) in [5.74, 6) is -0.132. The van der Waals surface area contributed by atoms with Gasteiger partial charge in [0.25, 0.3) is 11.8 Å². The van der Waals surface area contributed by atoms with Gasteiger partial charge in [-0.2, -0.15) is 0 Å². The summed E-state index contributed by atoms with van der Waals surface area (Å²) in [7, 11) is 0. The lowest BCUT2D eigenvalue weighted by Crippen LogP contribution is -2.56. The van der Waals surface area contributed by atoms with E-state index in [1.54, 1.807) is 26.7 Å². The van der Waals surface area contributed by atoms with Crippen molar-refractivity contribution in [1.29, 1.82) is 0 Å². The molecule has 2 N–H and O–H groups in total. The van der Waals surface area contributed by atoms with E-state index in [0.717, 1.165) is 17.9 Å². The average molecular weight is 474 g/mol. The van der Waals surface area contributed by atoms with Crippen molar-refractivity contribution in [2.75, 3.05) is 43.2 Å². The molecule has 0 unspecified atom stereocenters. The second-order valence-electron chi connectivity index (χ2n) is 9.23. The summed E-state index contributed by atoms with van der Waals surface area (Å²) in [5.41, 5.74) is 5.48. The van der Waals surface area contributed by atoms with Crippen LogP contribution in [0.2, 0.25) is 0 Å². The molecule has 2 aliphatic rings. The third-order valence-corrected chi connectivity index (χ3v) is 6.96. The largest absolute Gasteiger partial charge is 0.388 e. The summed E-state index contributed by atoms with van der Waals surface area (Å²) >= 11 is 0. The number of piperidine rings is 1. The van der Waals surface area contributed by atoms with E-state index in [0.29, 0.717) is 43.9 Å². The van der Waals surface area contributed by atoms with Crippen LogP contribution < -0.4 is 10.3 Å². The van der Waals surface area contributed by atoms with E-state index in [1.807, 2.05) is 48.5 Å². The van der Waals surface area contributed by atoms with Crippen LogP contribution >= 0.6 is 0 Å². The van der Waals surface area contributed by atoms with Crippen LogP contribution in [0.25, 0.3) is 0 Å². The molecule has 8 heteroatoms. The van der Waals surface area contributed by atoms with Crippen molar-refractivity contribution < 1.29 is 14.7 Å². The van der Waals surface area contributed by atoms with E-state index in [1.165, 1.54) is 0 Å². The normalized spacial score (nSPS) is 17.0. The summed E-state index contributed by atoms with van der Waals surface area (Å²) in [6.45, 7) is 4.42. The van der Waals surface area contributed by atoms with Gasteiger partial charge in [-0.15, -0.1) is 0 Å².